The summed E-state index contributed by atoms with van der Waals surface area (Å²) in [6.07, 6.45) is 5.50. The highest BCUT2D eigenvalue weighted by Gasteiger charge is 2.15. The van der Waals surface area contributed by atoms with Gasteiger partial charge in [-0.15, -0.1) is 11.8 Å². The van der Waals surface area contributed by atoms with Gasteiger partial charge < -0.3 is 4.90 Å². The average Bonchev–Trinajstić information content (AvgIpc) is 2.81. The molecule has 1 aromatic heterocycles. The van der Waals surface area contributed by atoms with Crippen LogP contribution in [0.15, 0.2) is 17.3 Å². The zero-order valence-electron chi connectivity index (χ0n) is 10.7. The first kappa shape index (κ1) is 13.8. The molecule has 0 N–H and O–H groups in total. The Kier molecular flexibility index (Phi) is 5.44. The van der Waals surface area contributed by atoms with Crippen molar-refractivity contribution >= 4 is 29.4 Å². The van der Waals surface area contributed by atoms with E-state index in [0.29, 0.717) is 12.3 Å². The maximum atomic E-state index is 11.9. The number of nitrogens with zero attached hydrogens (tertiary/aromatic N) is 3. The molecule has 0 unspecified atom stereocenters. The third-order valence-corrected chi connectivity index (χ3v) is 4.83. The van der Waals surface area contributed by atoms with Crippen LogP contribution in [0.25, 0.3) is 0 Å². The first-order valence-electron chi connectivity index (χ1n) is 6.22. The van der Waals surface area contributed by atoms with Crippen LogP contribution in [-0.4, -0.2) is 50.9 Å². The molecule has 1 fully saturated rings. The van der Waals surface area contributed by atoms with Crippen molar-refractivity contribution in [1.82, 2.24) is 14.7 Å². The first-order chi connectivity index (χ1) is 8.75. The van der Waals surface area contributed by atoms with Gasteiger partial charge in [0.05, 0.1) is 6.20 Å². The van der Waals surface area contributed by atoms with Gasteiger partial charge in [-0.3, -0.25) is 9.48 Å². The summed E-state index contributed by atoms with van der Waals surface area (Å²) < 4.78 is 1.80. The standard InChI is InChI=1S/C12H19N3OS2/c1-14-10-11(9-13-14)18-6-2-3-12(16)15-4-7-17-8-5-15/h9-10H,2-8H2,1H3. The summed E-state index contributed by atoms with van der Waals surface area (Å²) in [4.78, 5) is 15.1. The molecule has 0 radical (unpaired) electrons. The minimum Gasteiger partial charge on any atom is -0.341 e. The molecular weight excluding hydrogens is 266 g/mol. The predicted octanol–water partition coefficient (Wildman–Crippen LogP) is 1.87. The van der Waals surface area contributed by atoms with Gasteiger partial charge in [0.2, 0.25) is 5.91 Å². The number of thioether (sulfide) groups is 2. The molecule has 4 nitrogen and oxygen atoms in total. The van der Waals surface area contributed by atoms with Crippen molar-refractivity contribution in [2.24, 2.45) is 7.05 Å². The lowest BCUT2D eigenvalue weighted by molar-refractivity contribution is -0.130. The van der Waals surface area contributed by atoms with Crippen molar-refractivity contribution < 1.29 is 4.79 Å². The molecule has 0 spiro atoms. The van der Waals surface area contributed by atoms with Crippen molar-refractivity contribution in [3.8, 4) is 0 Å². The normalized spacial score (nSPS) is 15.9. The van der Waals surface area contributed by atoms with Gasteiger partial charge in [-0.2, -0.15) is 16.9 Å². The van der Waals surface area contributed by atoms with Gasteiger partial charge in [0, 0.05) is 49.2 Å². The molecule has 0 saturated carbocycles. The monoisotopic (exact) mass is 285 g/mol. The summed E-state index contributed by atoms with van der Waals surface area (Å²) in [5.41, 5.74) is 0. The average molecular weight is 285 g/mol. The van der Waals surface area contributed by atoms with E-state index in [-0.39, 0.29) is 0 Å². The molecule has 6 heteroatoms. The molecule has 1 amide bonds. The zero-order valence-corrected chi connectivity index (χ0v) is 12.3. The number of carbonyl (C=O) groups is 1. The molecule has 1 aromatic rings. The maximum absolute atomic E-state index is 11.9. The fraction of sp³-hybridized carbons (Fsp3) is 0.667. The summed E-state index contributed by atoms with van der Waals surface area (Å²) >= 11 is 3.71. The van der Waals surface area contributed by atoms with Gasteiger partial charge >= 0.3 is 0 Å². The fourth-order valence-corrected chi connectivity index (χ4v) is 3.63. The summed E-state index contributed by atoms with van der Waals surface area (Å²) in [5.74, 6) is 3.49. The zero-order chi connectivity index (χ0) is 12.8. The lowest BCUT2D eigenvalue weighted by Gasteiger charge is -2.26. The van der Waals surface area contributed by atoms with Crippen molar-refractivity contribution in [2.75, 3.05) is 30.3 Å². The van der Waals surface area contributed by atoms with Crippen LogP contribution in [0, 0.1) is 0 Å². The predicted molar refractivity (Wildman–Crippen MR) is 77.1 cm³/mol. The molecule has 0 aromatic carbocycles. The van der Waals surface area contributed by atoms with E-state index in [0.717, 1.165) is 36.8 Å². The van der Waals surface area contributed by atoms with Crippen LogP contribution in [0.5, 0.6) is 0 Å². The Morgan fingerprint density at radius 2 is 2.28 bits per heavy atom. The highest BCUT2D eigenvalue weighted by molar-refractivity contribution is 7.99. The van der Waals surface area contributed by atoms with Crippen molar-refractivity contribution in [1.29, 1.82) is 0 Å². The van der Waals surface area contributed by atoms with E-state index < -0.39 is 0 Å². The molecule has 1 saturated heterocycles. The molecule has 1 aliphatic heterocycles. The Labute approximate surface area is 116 Å². The quantitative estimate of drug-likeness (QED) is 0.611. The van der Waals surface area contributed by atoms with Gasteiger partial charge in [-0.1, -0.05) is 0 Å². The molecule has 0 bridgehead atoms. The summed E-state index contributed by atoms with van der Waals surface area (Å²) in [7, 11) is 1.92. The van der Waals surface area contributed by atoms with Crippen LogP contribution in [0.4, 0.5) is 0 Å². The second-order valence-electron chi connectivity index (χ2n) is 4.29. The maximum Gasteiger partial charge on any atom is 0.222 e. The van der Waals surface area contributed by atoms with E-state index in [2.05, 4.69) is 5.10 Å². The van der Waals surface area contributed by atoms with E-state index >= 15 is 0 Å². The minimum absolute atomic E-state index is 0.321. The van der Waals surface area contributed by atoms with E-state index in [1.54, 1.807) is 16.4 Å². The molecule has 0 aliphatic carbocycles. The van der Waals surface area contributed by atoms with E-state index in [9.17, 15) is 4.79 Å². The van der Waals surface area contributed by atoms with E-state index in [4.69, 9.17) is 0 Å². The van der Waals surface area contributed by atoms with Crippen molar-refractivity contribution in [2.45, 2.75) is 17.7 Å². The number of rotatable bonds is 5. The first-order valence-corrected chi connectivity index (χ1v) is 8.37. The molecule has 100 valence electrons. The largest absolute Gasteiger partial charge is 0.341 e. The molecule has 2 rings (SSSR count). The Hall–Kier alpha value is -0.620. The van der Waals surface area contributed by atoms with Crippen LogP contribution in [0.3, 0.4) is 0 Å². The Morgan fingerprint density at radius 1 is 1.50 bits per heavy atom. The summed E-state index contributed by atoms with van der Waals surface area (Å²) in [6, 6.07) is 0. The SMILES string of the molecule is Cn1cc(SCCCC(=O)N2CCSCC2)cn1. The Bertz CT molecular complexity index is 388. The third-order valence-electron chi connectivity index (χ3n) is 2.85. The molecule has 1 aliphatic rings. The van der Waals surface area contributed by atoms with Gasteiger partial charge in [0.15, 0.2) is 0 Å². The summed E-state index contributed by atoms with van der Waals surface area (Å²) in [6.45, 7) is 1.86. The van der Waals surface area contributed by atoms with Crippen LogP contribution in [0.1, 0.15) is 12.8 Å². The topological polar surface area (TPSA) is 38.1 Å². The number of carbonyl (C=O) groups excluding carboxylic acids is 1. The van der Waals surface area contributed by atoms with E-state index in [1.807, 2.05) is 36.1 Å². The second-order valence-corrected chi connectivity index (χ2v) is 6.69. The third kappa shape index (κ3) is 4.24. The number of aromatic nitrogens is 2. The number of hydrogen-bond acceptors (Lipinski definition) is 4. The van der Waals surface area contributed by atoms with Gasteiger partial charge in [0.25, 0.3) is 0 Å². The van der Waals surface area contributed by atoms with Crippen molar-refractivity contribution in [3.63, 3.8) is 0 Å². The van der Waals surface area contributed by atoms with E-state index in [1.165, 1.54) is 4.90 Å². The van der Waals surface area contributed by atoms with Crippen molar-refractivity contribution in [3.05, 3.63) is 12.4 Å². The number of hydrogen-bond donors (Lipinski definition) is 0. The number of amides is 1. The van der Waals surface area contributed by atoms with Gasteiger partial charge in [0.1, 0.15) is 0 Å². The van der Waals surface area contributed by atoms with Gasteiger partial charge in [-0.05, 0) is 12.2 Å². The molecular formula is C12H19N3OS2. The summed E-state index contributed by atoms with van der Waals surface area (Å²) in [5, 5.41) is 4.12. The van der Waals surface area contributed by atoms with Gasteiger partial charge in [-0.25, -0.2) is 0 Å². The van der Waals surface area contributed by atoms with Crippen LogP contribution < -0.4 is 0 Å². The number of aryl methyl sites for hydroxylation is 1. The lowest BCUT2D eigenvalue weighted by atomic mass is 10.3. The second kappa shape index (κ2) is 7.09. The molecule has 2 heterocycles. The van der Waals surface area contributed by atoms with Crippen LogP contribution in [-0.2, 0) is 11.8 Å². The molecule has 18 heavy (non-hydrogen) atoms. The highest BCUT2D eigenvalue weighted by atomic mass is 32.2. The Balaban J connectivity index is 1.61. The minimum atomic E-state index is 0.321. The van der Waals surface area contributed by atoms with Crippen LogP contribution >= 0.6 is 23.5 Å². The molecule has 0 atom stereocenters. The highest BCUT2D eigenvalue weighted by Crippen LogP contribution is 2.18. The van der Waals surface area contributed by atoms with Crippen LogP contribution in [0.2, 0.25) is 0 Å². The fourth-order valence-electron chi connectivity index (χ4n) is 1.86. The smallest absolute Gasteiger partial charge is 0.222 e. The Morgan fingerprint density at radius 3 is 2.94 bits per heavy atom. The lowest BCUT2D eigenvalue weighted by Crippen LogP contribution is -2.37.